The van der Waals surface area contributed by atoms with Crippen LogP contribution in [0.5, 0.6) is 0 Å². The van der Waals surface area contributed by atoms with Crippen molar-refractivity contribution in [3.05, 3.63) is 17.8 Å². The Labute approximate surface area is 91.1 Å². The number of hydrogen-bond donors (Lipinski definition) is 1. The number of rotatable bonds is 4. The minimum atomic E-state index is -0.177. The molecule has 1 heterocycles. The normalized spacial score (nSPS) is 9.07. The summed E-state index contributed by atoms with van der Waals surface area (Å²) in [6.07, 6.45) is 3.33. The number of carbonyl (C=O) groups excluding carboxylic acids is 1. The minimum absolute atomic E-state index is 0.177. The lowest BCUT2D eigenvalue weighted by Crippen LogP contribution is -2.24. The van der Waals surface area contributed by atoms with Gasteiger partial charge in [-0.25, -0.2) is 4.98 Å². The van der Waals surface area contributed by atoms with Crippen molar-refractivity contribution < 1.29 is 9.21 Å². The van der Waals surface area contributed by atoms with Crippen molar-refractivity contribution in [2.75, 3.05) is 6.54 Å². The molecule has 0 radical (unpaired) electrons. The van der Waals surface area contributed by atoms with Crippen LogP contribution in [0, 0.1) is 6.92 Å². The fourth-order valence-corrected chi connectivity index (χ4v) is 0.979. The monoisotopic (exact) mass is 212 g/mol. The molecule has 0 aliphatic carbocycles. The lowest BCUT2D eigenvalue weighted by atomic mass is 10.3. The Kier molecular flexibility index (Phi) is 7.32. The number of hydrogen-bond acceptors (Lipinski definition) is 3. The third kappa shape index (κ3) is 4.63. The molecule has 15 heavy (non-hydrogen) atoms. The summed E-state index contributed by atoms with van der Waals surface area (Å²) in [4.78, 5) is 15.2. The van der Waals surface area contributed by atoms with Crippen molar-refractivity contribution in [3.63, 3.8) is 0 Å². The van der Waals surface area contributed by atoms with Crippen molar-refractivity contribution in [1.29, 1.82) is 0 Å². The van der Waals surface area contributed by atoms with Crippen LogP contribution in [0.2, 0.25) is 0 Å². The van der Waals surface area contributed by atoms with Crippen molar-refractivity contribution in [3.8, 4) is 0 Å². The highest BCUT2D eigenvalue weighted by atomic mass is 16.3. The molecule has 0 saturated carbocycles. The first-order chi connectivity index (χ1) is 7.25. The van der Waals surface area contributed by atoms with Crippen LogP contribution in [0.25, 0.3) is 0 Å². The van der Waals surface area contributed by atoms with Crippen LogP contribution in [-0.2, 0) is 0 Å². The van der Waals surface area contributed by atoms with E-state index in [0.29, 0.717) is 18.0 Å². The minimum Gasteiger partial charge on any atom is -0.438 e. The predicted octanol–water partition coefficient (Wildman–Crippen LogP) is 2.54. The van der Waals surface area contributed by atoms with Crippen molar-refractivity contribution in [2.24, 2.45) is 0 Å². The summed E-state index contributed by atoms with van der Waals surface area (Å²) < 4.78 is 4.93. The maximum absolute atomic E-state index is 11.4. The Morgan fingerprint density at radius 1 is 1.53 bits per heavy atom. The summed E-state index contributed by atoms with van der Waals surface area (Å²) in [6, 6.07) is 0. The Bertz CT molecular complexity index is 282. The molecule has 1 aromatic heterocycles. The zero-order chi connectivity index (χ0) is 11.7. The molecule has 4 nitrogen and oxygen atoms in total. The molecule has 0 aromatic carbocycles. The van der Waals surface area contributed by atoms with Gasteiger partial charge in [-0.05, 0) is 13.3 Å². The van der Waals surface area contributed by atoms with E-state index in [4.69, 9.17) is 4.42 Å². The standard InChI is InChI=1S/C9H14N2O2.C2H6/c1-3-4-5-10-9(12)8-7(2)11-6-13-8;1-2/h6H,3-5H2,1-2H3,(H,10,12);1-2H3. The van der Waals surface area contributed by atoms with Crippen LogP contribution in [0.15, 0.2) is 10.8 Å². The lowest BCUT2D eigenvalue weighted by molar-refractivity contribution is 0.0924. The Balaban J connectivity index is 0.000000921. The van der Waals surface area contributed by atoms with Crippen LogP contribution in [0.3, 0.4) is 0 Å². The lowest BCUT2D eigenvalue weighted by Gasteiger charge is -2.00. The first-order valence-electron chi connectivity index (χ1n) is 5.44. The highest BCUT2D eigenvalue weighted by Gasteiger charge is 2.12. The van der Waals surface area contributed by atoms with E-state index in [1.54, 1.807) is 6.92 Å². The number of oxazole rings is 1. The Morgan fingerprint density at radius 3 is 2.67 bits per heavy atom. The largest absolute Gasteiger partial charge is 0.438 e. The molecule has 0 atom stereocenters. The first kappa shape index (κ1) is 13.7. The van der Waals surface area contributed by atoms with Gasteiger partial charge in [-0.3, -0.25) is 4.79 Å². The molecule has 0 fully saturated rings. The second-order valence-corrected chi connectivity index (χ2v) is 2.88. The molecule has 0 unspecified atom stereocenters. The highest BCUT2D eigenvalue weighted by Crippen LogP contribution is 2.03. The van der Waals surface area contributed by atoms with Gasteiger partial charge >= 0.3 is 0 Å². The number of unbranched alkanes of at least 4 members (excludes halogenated alkanes) is 1. The average molecular weight is 212 g/mol. The number of carbonyl (C=O) groups is 1. The van der Waals surface area contributed by atoms with Crippen molar-refractivity contribution in [1.82, 2.24) is 10.3 Å². The molecule has 0 spiro atoms. The summed E-state index contributed by atoms with van der Waals surface area (Å²) >= 11 is 0. The molecule has 86 valence electrons. The molecular weight excluding hydrogens is 192 g/mol. The van der Waals surface area contributed by atoms with Crippen LogP contribution in [-0.4, -0.2) is 17.4 Å². The molecule has 1 aromatic rings. The van der Waals surface area contributed by atoms with E-state index in [9.17, 15) is 4.79 Å². The number of nitrogens with zero attached hydrogens (tertiary/aromatic N) is 1. The quantitative estimate of drug-likeness (QED) is 0.780. The van der Waals surface area contributed by atoms with Gasteiger partial charge in [-0.2, -0.15) is 0 Å². The number of aryl methyl sites for hydroxylation is 1. The molecule has 1 rings (SSSR count). The highest BCUT2D eigenvalue weighted by molar-refractivity contribution is 5.92. The topological polar surface area (TPSA) is 55.1 Å². The van der Waals surface area contributed by atoms with Crippen molar-refractivity contribution >= 4 is 5.91 Å². The van der Waals surface area contributed by atoms with Crippen LogP contribution < -0.4 is 5.32 Å². The molecule has 4 heteroatoms. The number of amides is 1. The predicted molar refractivity (Wildman–Crippen MR) is 59.8 cm³/mol. The van der Waals surface area contributed by atoms with Crippen LogP contribution >= 0.6 is 0 Å². The molecule has 0 bridgehead atoms. The van der Waals surface area contributed by atoms with E-state index in [1.165, 1.54) is 6.39 Å². The zero-order valence-electron chi connectivity index (χ0n) is 9.96. The molecule has 1 amide bonds. The summed E-state index contributed by atoms with van der Waals surface area (Å²) in [5.74, 6) is 0.138. The maximum Gasteiger partial charge on any atom is 0.288 e. The van der Waals surface area contributed by atoms with E-state index in [2.05, 4.69) is 17.2 Å². The summed E-state index contributed by atoms with van der Waals surface area (Å²) in [5, 5.41) is 2.75. The third-order valence-electron chi connectivity index (χ3n) is 1.77. The molecule has 1 N–H and O–H groups in total. The molecular formula is C11H20N2O2. The second-order valence-electron chi connectivity index (χ2n) is 2.88. The first-order valence-corrected chi connectivity index (χ1v) is 5.44. The van der Waals surface area contributed by atoms with E-state index < -0.39 is 0 Å². The second kappa shape index (κ2) is 8.03. The maximum atomic E-state index is 11.4. The fourth-order valence-electron chi connectivity index (χ4n) is 0.979. The van der Waals surface area contributed by atoms with Crippen LogP contribution in [0.4, 0.5) is 0 Å². The summed E-state index contributed by atoms with van der Waals surface area (Å²) in [5.41, 5.74) is 0.633. The van der Waals surface area contributed by atoms with Gasteiger partial charge in [-0.15, -0.1) is 0 Å². The SMILES string of the molecule is CC.CCCCNC(=O)c1ocnc1C. The summed E-state index contributed by atoms with van der Waals surface area (Å²) in [6.45, 7) is 8.51. The van der Waals surface area contributed by atoms with Crippen molar-refractivity contribution in [2.45, 2.75) is 40.5 Å². The van der Waals surface area contributed by atoms with E-state index in [1.807, 2.05) is 13.8 Å². The van der Waals surface area contributed by atoms with E-state index >= 15 is 0 Å². The van der Waals surface area contributed by atoms with Gasteiger partial charge in [-0.1, -0.05) is 27.2 Å². The third-order valence-corrected chi connectivity index (χ3v) is 1.77. The van der Waals surface area contributed by atoms with Gasteiger partial charge in [0.05, 0.1) is 5.69 Å². The van der Waals surface area contributed by atoms with Crippen LogP contribution in [0.1, 0.15) is 49.9 Å². The van der Waals surface area contributed by atoms with Gasteiger partial charge < -0.3 is 9.73 Å². The average Bonchev–Trinajstić information content (AvgIpc) is 2.68. The Morgan fingerprint density at radius 2 is 2.20 bits per heavy atom. The zero-order valence-corrected chi connectivity index (χ0v) is 9.96. The van der Waals surface area contributed by atoms with Gasteiger partial charge in [0.1, 0.15) is 0 Å². The smallest absolute Gasteiger partial charge is 0.288 e. The number of aromatic nitrogens is 1. The van der Waals surface area contributed by atoms with Gasteiger partial charge in [0.25, 0.3) is 5.91 Å². The van der Waals surface area contributed by atoms with E-state index in [0.717, 1.165) is 12.8 Å². The van der Waals surface area contributed by atoms with Gasteiger partial charge in [0.2, 0.25) is 5.76 Å². The molecule has 0 aliphatic heterocycles. The fraction of sp³-hybridized carbons (Fsp3) is 0.636. The molecule has 0 aliphatic rings. The van der Waals surface area contributed by atoms with Gasteiger partial charge in [0, 0.05) is 6.54 Å². The number of nitrogens with one attached hydrogen (secondary N) is 1. The summed E-state index contributed by atoms with van der Waals surface area (Å²) in [7, 11) is 0. The van der Waals surface area contributed by atoms with Gasteiger partial charge in [0.15, 0.2) is 6.39 Å². The molecule has 0 saturated heterocycles. The van der Waals surface area contributed by atoms with E-state index in [-0.39, 0.29) is 5.91 Å². The Hall–Kier alpha value is -1.32.